The summed E-state index contributed by atoms with van der Waals surface area (Å²) in [5, 5.41) is 9.95. The monoisotopic (exact) mass is 202 g/mol. The Labute approximate surface area is 85.8 Å². The van der Waals surface area contributed by atoms with Crippen molar-refractivity contribution in [1.82, 2.24) is 0 Å². The fourth-order valence-electron chi connectivity index (χ4n) is 2.05. The Balaban J connectivity index is 2.64. The van der Waals surface area contributed by atoms with Gasteiger partial charge in [0.05, 0.1) is 6.10 Å². The molecule has 1 N–H and O–H groups in total. The number of aliphatic hydroxyl groups is 1. The van der Waals surface area contributed by atoms with Gasteiger partial charge in [-0.05, 0) is 25.2 Å². The summed E-state index contributed by atoms with van der Waals surface area (Å²) in [5.74, 6) is 0.640. The molecule has 0 bridgehead atoms. The first kappa shape index (κ1) is 11.1. The summed E-state index contributed by atoms with van der Waals surface area (Å²) >= 11 is 5.75. The van der Waals surface area contributed by atoms with E-state index in [1.54, 1.807) is 5.54 Å². The van der Waals surface area contributed by atoms with E-state index in [-0.39, 0.29) is 6.10 Å². The van der Waals surface area contributed by atoms with Gasteiger partial charge in [0.1, 0.15) is 0 Å². The zero-order valence-corrected chi connectivity index (χ0v) is 9.22. The van der Waals surface area contributed by atoms with E-state index >= 15 is 0 Å². The van der Waals surface area contributed by atoms with Gasteiger partial charge >= 0.3 is 0 Å². The van der Waals surface area contributed by atoms with Gasteiger partial charge in [-0.15, -0.1) is 0 Å². The number of aliphatic hydroxyl groups excluding tert-OH is 1. The van der Waals surface area contributed by atoms with Crippen LogP contribution in [0, 0.1) is 11.8 Å². The van der Waals surface area contributed by atoms with Crippen molar-refractivity contribution in [3.05, 3.63) is 11.1 Å². The van der Waals surface area contributed by atoms with Gasteiger partial charge in [-0.3, -0.25) is 0 Å². The summed E-state index contributed by atoms with van der Waals surface area (Å²) < 4.78 is 0. The first-order valence-corrected chi connectivity index (χ1v) is 5.57. The highest BCUT2D eigenvalue weighted by Gasteiger charge is 2.27. The van der Waals surface area contributed by atoms with Crippen molar-refractivity contribution < 1.29 is 5.11 Å². The van der Waals surface area contributed by atoms with Crippen molar-refractivity contribution >= 4 is 11.6 Å². The average Bonchev–Trinajstić information content (AvgIpc) is 2.16. The summed E-state index contributed by atoms with van der Waals surface area (Å²) in [6.07, 6.45) is 4.39. The summed E-state index contributed by atoms with van der Waals surface area (Å²) in [6.45, 7) is 4.12. The number of hydrogen-bond donors (Lipinski definition) is 1. The second-order valence-corrected chi connectivity index (χ2v) is 4.49. The van der Waals surface area contributed by atoms with E-state index in [0.717, 1.165) is 12.8 Å². The highest BCUT2D eigenvalue weighted by molar-refractivity contribution is 6.25. The van der Waals surface area contributed by atoms with E-state index in [2.05, 4.69) is 13.8 Å². The third-order valence-corrected chi connectivity index (χ3v) is 3.22. The Morgan fingerprint density at radius 2 is 2.15 bits per heavy atom. The zero-order valence-electron chi connectivity index (χ0n) is 8.46. The standard InChI is InChI=1S/C11H19ClO/c1-8(2)11(13)10-6-4-3-5-9(10)7-12/h7-8,10-11,13H,3-6H2,1-2H3/b9-7-/t10-,11-/m1/s1. The van der Waals surface area contributed by atoms with Crippen LogP contribution in [-0.4, -0.2) is 11.2 Å². The maximum atomic E-state index is 9.95. The normalized spacial score (nSPS) is 29.6. The summed E-state index contributed by atoms with van der Waals surface area (Å²) in [4.78, 5) is 0. The van der Waals surface area contributed by atoms with Crippen LogP contribution < -0.4 is 0 Å². The molecule has 1 nitrogen and oxygen atoms in total. The SMILES string of the molecule is CC(C)[C@@H](O)[C@@H]1CCCC/C1=C/Cl. The third kappa shape index (κ3) is 2.72. The van der Waals surface area contributed by atoms with Crippen molar-refractivity contribution in [2.45, 2.75) is 45.6 Å². The molecule has 0 aromatic carbocycles. The minimum Gasteiger partial charge on any atom is -0.392 e. The molecule has 2 atom stereocenters. The molecule has 0 amide bonds. The van der Waals surface area contributed by atoms with Gasteiger partial charge in [0.2, 0.25) is 0 Å². The largest absolute Gasteiger partial charge is 0.392 e. The fraction of sp³-hybridized carbons (Fsp3) is 0.818. The second-order valence-electron chi connectivity index (χ2n) is 4.27. The van der Waals surface area contributed by atoms with Crippen LogP contribution in [0.25, 0.3) is 0 Å². The minimum atomic E-state index is -0.217. The molecule has 76 valence electrons. The Bertz CT molecular complexity index is 187. The van der Waals surface area contributed by atoms with Gasteiger partial charge in [-0.2, -0.15) is 0 Å². The molecule has 0 aromatic rings. The zero-order chi connectivity index (χ0) is 9.84. The molecule has 0 saturated heterocycles. The molecule has 1 fully saturated rings. The van der Waals surface area contributed by atoms with E-state index < -0.39 is 0 Å². The maximum Gasteiger partial charge on any atom is 0.0628 e. The van der Waals surface area contributed by atoms with Crippen LogP contribution in [-0.2, 0) is 0 Å². The van der Waals surface area contributed by atoms with E-state index in [1.807, 2.05) is 0 Å². The van der Waals surface area contributed by atoms with Crippen LogP contribution in [0.5, 0.6) is 0 Å². The predicted octanol–water partition coefficient (Wildman–Crippen LogP) is 3.32. The van der Waals surface area contributed by atoms with Crippen LogP contribution in [0.15, 0.2) is 11.1 Å². The first-order valence-electron chi connectivity index (χ1n) is 5.14. The number of hydrogen-bond acceptors (Lipinski definition) is 1. The molecule has 0 aliphatic heterocycles. The van der Waals surface area contributed by atoms with Crippen molar-refractivity contribution in [2.24, 2.45) is 11.8 Å². The van der Waals surface area contributed by atoms with Crippen LogP contribution in [0.3, 0.4) is 0 Å². The molecule has 2 heteroatoms. The van der Waals surface area contributed by atoms with Gasteiger partial charge in [0, 0.05) is 11.5 Å². The molecule has 1 aliphatic rings. The molecule has 0 heterocycles. The van der Waals surface area contributed by atoms with Crippen LogP contribution in [0.2, 0.25) is 0 Å². The molecule has 0 radical (unpaired) electrons. The quantitative estimate of drug-likeness (QED) is 0.729. The van der Waals surface area contributed by atoms with Crippen LogP contribution >= 0.6 is 11.6 Å². The summed E-state index contributed by atoms with van der Waals surface area (Å²) in [7, 11) is 0. The Kier molecular flexibility index (Phi) is 4.27. The number of rotatable bonds is 2. The van der Waals surface area contributed by atoms with Crippen LogP contribution in [0.1, 0.15) is 39.5 Å². The van der Waals surface area contributed by atoms with Crippen molar-refractivity contribution in [3.63, 3.8) is 0 Å². The second kappa shape index (κ2) is 5.02. The van der Waals surface area contributed by atoms with Gasteiger partial charge in [0.15, 0.2) is 0 Å². The number of halogens is 1. The van der Waals surface area contributed by atoms with Crippen molar-refractivity contribution in [3.8, 4) is 0 Å². The highest BCUT2D eigenvalue weighted by Crippen LogP contribution is 2.34. The highest BCUT2D eigenvalue weighted by atomic mass is 35.5. The maximum absolute atomic E-state index is 9.95. The third-order valence-electron chi connectivity index (χ3n) is 2.94. The molecule has 1 rings (SSSR count). The van der Waals surface area contributed by atoms with E-state index in [1.165, 1.54) is 18.4 Å². The van der Waals surface area contributed by atoms with Crippen LogP contribution in [0.4, 0.5) is 0 Å². The average molecular weight is 203 g/mol. The molecular weight excluding hydrogens is 184 g/mol. The summed E-state index contributed by atoms with van der Waals surface area (Å²) in [5.41, 5.74) is 2.92. The lowest BCUT2D eigenvalue weighted by Gasteiger charge is -2.31. The van der Waals surface area contributed by atoms with E-state index in [0.29, 0.717) is 11.8 Å². The molecule has 13 heavy (non-hydrogen) atoms. The van der Waals surface area contributed by atoms with Crippen molar-refractivity contribution in [1.29, 1.82) is 0 Å². The lowest BCUT2D eigenvalue weighted by Crippen LogP contribution is -2.29. The molecule has 1 saturated carbocycles. The van der Waals surface area contributed by atoms with E-state index in [9.17, 15) is 5.11 Å². The molecule has 1 aliphatic carbocycles. The smallest absolute Gasteiger partial charge is 0.0628 e. The Morgan fingerprint density at radius 3 is 2.69 bits per heavy atom. The summed E-state index contributed by atoms with van der Waals surface area (Å²) in [6, 6.07) is 0. The molecule has 0 aromatic heterocycles. The van der Waals surface area contributed by atoms with Gasteiger partial charge < -0.3 is 5.11 Å². The van der Waals surface area contributed by atoms with E-state index in [4.69, 9.17) is 11.6 Å². The molecule has 0 unspecified atom stereocenters. The molecular formula is C11H19ClO. The predicted molar refractivity (Wildman–Crippen MR) is 56.7 cm³/mol. The Hall–Kier alpha value is -0.0100. The van der Waals surface area contributed by atoms with Gasteiger partial charge in [0.25, 0.3) is 0 Å². The lowest BCUT2D eigenvalue weighted by molar-refractivity contribution is 0.0687. The van der Waals surface area contributed by atoms with Gasteiger partial charge in [-0.25, -0.2) is 0 Å². The molecule has 0 spiro atoms. The minimum absolute atomic E-state index is 0.217. The lowest BCUT2D eigenvalue weighted by atomic mass is 9.78. The first-order chi connectivity index (χ1) is 6.16. The Morgan fingerprint density at radius 1 is 1.46 bits per heavy atom. The topological polar surface area (TPSA) is 20.2 Å². The van der Waals surface area contributed by atoms with Gasteiger partial charge in [-0.1, -0.05) is 37.4 Å². The van der Waals surface area contributed by atoms with Crippen molar-refractivity contribution in [2.75, 3.05) is 0 Å². The fourth-order valence-corrected chi connectivity index (χ4v) is 2.33.